The first-order valence-electron chi connectivity index (χ1n) is 6.11. The van der Waals surface area contributed by atoms with E-state index in [9.17, 15) is 9.59 Å². The molecule has 0 atom stereocenters. The fourth-order valence-electron chi connectivity index (χ4n) is 2.06. The van der Waals surface area contributed by atoms with E-state index in [-0.39, 0.29) is 11.8 Å². The van der Waals surface area contributed by atoms with Gasteiger partial charge in [0.05, 0.1) is 4.88 Å². The van der Waals surface area contributed by atoms with E-state index < -0.39 is 0 Å². The molecule has 4 nitrogen and oxygen atoms in total. The van der Waals surface area contributed by atoms with Gasteiger partial charge in [-0.25, -0.2) is 0 Å². The van der Waals surface area contributed by atoms with Crippen LogP contribution in [-0.4, -0.2) is 47.8 Å². The predicted octanol–water partition coefficient (Wildman–Crippen LogP) is 1.67. The molecule has 5 heteroatoms. The highest BCUT2D eigenvalue weighted by Crippen LogP contribution is 2.22. The Labute approximate surface area is 111 Å². The second-order valence-electron chi connectivity index (χ2n) is 4.65. The number of hydrogen-bond acceptors (Lipinski definition) is 3. The summed E-state index contributed by atoms with van der Waals surface area (Å²) in [6.45, 7) is 8.18. The fourth-order valence-corrected chi connectivity index (χ4v) is 3.06. The van der Waals surface area contributed by atoms with Crippen LogP contribution >= 0.6 is 11.3 Å². The van der Waals surface area contributed by atoms with Gasteiger partial charge in [0.2, 0.25) is 5.91 Å². The summed E-state index contributed by atoms with van der Waals surface area (Å²) >= 11 is 1.55. The molecule has 0 radical (unpaired) electrons. The summed E-state index contributed by atoms with van der Waals surface area (Å²) in [6, 6.07) is 1.96. The number of aryl methyl sites for hydroxylation is 2. The summed E-state index contributed by atoms with van der Waals surface area (Å²) in [5, 5.41) is 0. The molecule has 18 heavy (non-hydrogen) atoms. The van der Waals surface area contributed by atoms with E-state index in [1.54, 1.807) is 23.2 Å². The van der Waals surface area contributed by atoms with Crippen molar-refractivity contribution in [1.82, 2.24) is 9.80 Å². The van der Waals surface area contributed by atoms with Crippen LogP contribution in [0.2, 0.25) is 0 Å². The Hall–Kier alpha value is -1.36. The summed E-state index contributed by atoms with van der Waals surface area (Å²) in [5.41, 5.74) is 1.17. The van der Waals surface area contributed by atoms with E-state index in [1.165, 1.54) is 10.4 Å². The van der Waals surface area contributed by atoms with Crippen LogP contribution in [0, 0.1) is 13.8 Å². The van der Waals surface area contributed by atoms with Crippen LogP contribution in [0.1, 0.15) is 27.0 Å². The molecular formula is C13H18N2O2S. The van der Waals surface area contributed by atoms with Gasteiger partial charge < -0.3 is 9.80 Å². The van der Waals surface area contributed by atoms with Crippen molar-refractivity contribution >= 4 is 23.2 Å². The maximum atomic E-state index is 12.3. The molecule has 1 aliphatic heterocycles. The molecule has 0 bridgehead atoms. The number of thiophene rings is 1. The molecule has 0 spiro atoms. The third kappa shape index (κ3) is 2.56. The van der Waals surface area contributed by atoms with Crippen LogP contribution in [0.4, 0.5) is 0 Å². The highest BCUT2D eigenvalue weighted by molar-refractivity contribution is 7.14. The van der Waals surface area contributed by atoms with Crippen LogP contribution in [0.5, 0.6) is 0 Å². The Morgan fingerprint density at radius 1 is 1.11 bits per heavy atom. The second kappa shape index (κ2) is 5.10. The number of rotatable bonds is 1. The molecule has 1 aromatic heterocycles. The largest absolute Gasteiger partial charge is 0.339 e. The highest BCUT2D eigenvalue weighted by atomic mass is 32.1. The first kappa shape index (κ1) is 13.1. The van der Waals surface area contributed by atoms with Crippen LogP contribution in [0.15, 0.2) is 6.07 Å². The average molecular weight is 266 g/mol. The van der Waals surface area contributed by atoms with E-state index in [0.717, 1.165) is 4.88 Å². The van der Waals surface area contributed by atoms with Crippen molar-refractivity contribution in [2.45, 2.75) is 20.8 Å². The lowest BCUT2D eigenvalue weighted by molar-refractivity contribution is -0.130. The van der Waals surface area contributed by atoms with Gasteiger partial charge >= 0.3 is 0 Å². The zero-order valence-electron chi connectivity index (χ0n) is 11.0. The van der Waals surface area contributed by atoms with Crippen LogP contribution in [0.3, 0.4) is 0 Å². The molecule has 1 saturated heterocycles. The fraction of sp³-hybridized carbons (Fsp3) is 0.538. The van der Waals surface area contributed by atoms with Gasteiger partial charge in [-0.2, -0.15) is 0 Å². The highest BCUT2D eigenvalue weighted by Gasteiger charge is 2.24. The van der Waals surface area contributed by atoms with Gasteiger partial charge in [0.1, 0.15) is 0 Å². The standard InChI is InChI=1S/C13H18N2O2S/c1-9-8-12(18-10(9)2)13(17)15-6-4-14(5-7-15)11(3)16/h8H,4-7H2,1-3H3. The summed E-state index contributed by atoms with van der Waals surface area (Å²) in [7, 11) is 0. The zero-order chi connectivity index (χ0) is 13.3. The Morgan fingerprint density at radius 2 is 1.67 bits per heavy atom. The van der Waals surface area contributed by atoms with Crippen molar-refractivity contribution < 1.29 is 9.59 Å². The van der Waals surface area contributed by atoms with Gasteiger partial charge in [0.15, 0.2) is 0 Å². The van der Waals surface area contributed by atoms with Gasteiger partial charge in [-0.15, -0.1) is 11.3 Å². The number of piperazine rings is 1. The van der Waals surface area contributed by atoms with Crippen molar-refractivity contribution in [2.24, 2.45) is 0 Å². The molecule has 1 aliphatic rings. The molecule has 0 unspecified atom stereocenters. The van der Waals surface area contributed by atoms with E-state index in [0.29, 0.717) is 26.2 Å². The topological polar surface area (TPSA) is 40.6 Å². The number of carbonyl (C=O) groups excluding carboxylic acids is 2. The van der Waals surface area contributed by atoms with Crippen molar-refractivity contribution in [3.8, 4) is 0 Å². The molecule has 0 N–H and O–H groups in total. The van der Waals surface area contributed by atoms with Crippen LogP contribution < -0.4 is 0 Å². The zero-order valence-corrected chi connectivity index (χ0v) is 11.8. The quantitative estimate of drug-likeness (QED) is 0.776. The van der Waals surface area contributed by atoms with Gasteiger partial charge in [0.25, 0.3) is 5.91 Å². The molecule has 0 aromatic carbocycles. The predicted molar refractivity (Wildman–Crippen MR) is 72.0 cm³/mol. The minimum Gasteiger partial charge on any atom is -0.339 e. The summed E-state index contributed by atoms with van der Waals surface area (Å²) in [5.74, 6) is 0.185. The first-order valence-corrected chi connectivity index (χ1v) is 6.92. The van der Waals surface area contributed by atoms with E-state index in [1.807, 2.05) is 24.8 Å². The van der Waals surface area contributed by atoms with Gasteiger partial charge in [-0.3, -0.25) is 9.59 Å². The Morgan fingerprint density at radius 3 is 2.11 bits per heavy atom. The second-order valence-corrected chi connectivity index (χ2v) is 5.90. The maximum Gasteiger partial charge on any atom is 0.264 e. The molecule has 1 aromatic rings. The molecule has 1 fully saturated rings. The van der Waals surface area contributed by atoms with Gasteiger partial charge in [0, 0.05) is 38.0 Å². The van der Waals surface area contributed by atoms with Crippen molar-refractivity contribution in [1.29, 1.82) is 0 Å². The third-order valence-corrected chi connectivity index (χ3v) is 4.53. The number of carbonyl (C=O) groups is 2. The minimum atomic E-state index is 0.0879. The molecular weight excluding hydrogens is 248 g/mol. The van der Waals surface area contributed by atoms with Crippen molar-refractivity contribution in [3.05, 3.63) is 21.4 Å². The number of hydrogen-bond donors (Lipinski definition) is 0. The third-order valence-electron chi connectivity index (χ3n) is 3.39. The summed E-state index contributed by atoms with van der Waals surface area (Å²) in [6.07, 6.45) is 0. The molecule has 0 saturated carbocycles. The smallest absolute Gasteiger partial charge is 0.264 e. The Kier molecular flexibility index (Phi) is 3.71. The van der Waals surface area contributed by atoms with Crippen molar-refractivity contribution in [2.75, 3.05) is 26.2 Å². The lowest BCUT2D eigenvalue weighted by atomic mass is 10.2. The molecule has 2 heterocycles. The minimum absolute atomic E-state index is 0.0879. The number of nitrogens with zero attached hydrogens (tertiary/aromatic N) is 2. The summed E-state index contributed by atoms with van der Waals surface area (Å²) in [4.78, 5) is 29.1. The molecule has 0 aliphatic carbocycles. The first-order chi connectivity index (χ1) is 8.49. The Bertz CT molecular complexity index is 454. The molecule has 2 amide bonds. The van der Waals surface area contributed by atoms with Gasteiger partial charge in [-0.1, -0.05) is 0 Å². The van der Waals surface area contributed by atoms with Crippen molar-refractivity contribution in [3.63, 3.8) is 0 Å². The van der Waals surface area contributed by atoms with Gasteiger partial charge in [-0.05, 0) is 25.5 Å². The monoisotopic (exact) mass is 266 g/mol. The maximum absolute atomic E-state index is 12.3. The van der Waals surface area contributed by atoms with Crippen LogP contribution in [0.25, 0.3) is 0 Å². The van der Waals surface area contributed by atoms with Crippen LogP contribution in [-0.2, 0) is 4.79 Å². The average Bonchev–Trinajstić information content (AvgIpc) is 2.69. The number of amides is 2. The van der Waals surface area contributed by atoms with E-state index in [4.69, 9.17) is 0 Å². The SMILES string of the molecule is CC(=O)N1CCN(C(=O)c2cc(C)c(C)s2)CC1. The van der Waals surface area contributed by atoms with E-state index >= 15 is 0 Å². The summed E-state index contributed by atoms with van der Waals surface area (Å²) < 4.78 is 0. The Balaban J connectivity index is 2.01. The molecule has 98 valence electrons. The lowest BCUT2D eigenvalue weighted by Gasteiger charge is -2.33. The van der Waals surface area contributed by atoms with E-state index in [2.05, 4.69) is 0 Å². The molecule has 2 rings (SSSR count). The normalized spacial score (nSPS) is 15.9. The lowest BCUT2D eigenvalue weighted by Crippen LogP contribution is -2.49.